The minimum Gasteiger partial charge on any atom is -0.489 e. The summed E-state index contributed by atoms with van der Waals surface area (Å²) in [6.45, 7) is 1.75. The molecule has 1 N–H and O–H groups in total. The molecule has 0 bridgehead atoms. The topological polar surface area (TPSA) is 21.3 Å². The molecule has 0 heterocycles. The molecule has 0 saturated heterocycles. The third-order valence-corrected chi connectivity index (χ3v) is 4.81. The molecule has 140 valence electrons. The fraction of sp³-hybridized carbons (Fsp3) is 0.182. The van der Waals surface area contributed by atoms with Gasteiger partial charge < -0.3 is 10.1 Å². The summed E-state index contributed by atoms with van der Waals surface area (Å²) in [5.74, 6) is 0.322. The number of hydrogen-bond acceptors (Lipinski definition) is 2. The van der Waals surface area contributed by atoms with E-state index in [9.17, 15) is 4.39 Å². The van der Waals surface area contributed by atoms with Crippen molar-refractivity contribution in [3.63, 3.8) is 0 Å². The Hall–Kier alpha value is -2.07. The average molecular weight is 404 g/mol. The van der Waals surface area contributed by atoms with E-state index in [-0.39, 0.29) is 12.4 Å². The van der Waals surface area contributed by atoms with E-state index in [2.05, 4.69) is 5.32 Å². The van der Waals surface area contributed by atoms with Crippen LogP contribution in [0, 0.1) is 5.82 Å². The predicted octanol–water partition coefficient (Wildman–Crippen LogP) is 6.04. The standard InChI is InChI=1S/C22H20Cl2FNO/c23-18-8-4-16(5-9-18)12-13-26-14-17-6-10-19(11-7-17)27-15-20-21(24)2-1-3-22(20)25/h1-11,26H,12-15H2. The maximum atomic E-state index is 13.8. The molecule has 0 aromatic heterocycles. The second-order valence-electron chi connectivity index (χ2n) is 6.19. The Morgan fingerprint density at radius 1 is 0.852 bits per heavy atom. The lowest BCUT2D eigenvalue weighted by atomic mass is 10.1. The van der Waals surface area contributed by atoms with Gasteiger partial charge in [0.05, 0.1) is 5.02 Å². The monoisotopic (exact) mass is 403 g/mol. The first-order valence-corrected chi connectivity index (χ1v) is 9.47. The molecule has 27 heavy (non-hydrogen) atoms. The number of hydrogen-bond donors (Lipinski definition) is 1. The van der Waals surface area contributed by atoms with Crippen molar-refractivity contribution in [3.8, 4) is 5.75 Å². The molecule has 0 atom stereocenters. The number of nitrogens with one attached hydrogen (secondary N) is 1. The Morgan fingerprint density at radius 3 is 2.26 bits per heavy atom. The van der Waals surface area contributed by atoms with Gasteiger partial charge in [-0.05, 0) is 60.5 Å². The summed E-state index contributed by atoms with van der Waals surface area (Å²) in [7, 11) is 0. The first-order valence-electron chi connectivity index (χ1n) is 8.71. The van der Waals surface area contributed by atoms with E-state index in [1.54, 1.807) is 12.1 Å². The Kier molecular flexibility index (Phi) is 7.11. The molecule has 0 aliphatic heterocycles. The van der Waals surface area contributed by atoms with Crippen LogP contribution in [0.25, 0.3) is 0 Å². The van der Waals surface area contributed by atoms with Gasteiger partial charge in [0.2, 0.25) is 0 Å². The van der Waals surface area contributed by atoms with Crippen LogP contribution >= 0.6 is 23.2 Å². The summed E-state index contributed by atoms with van der Waals surface area (Å²) < 4.78 is 19.4. The van der Waals surface area contributed by atoms with E-state index in [4.69, 9.17) is 27.9 Å². The number of ether oxygens (including phenoxy) is 1. The average Bonchev–Trinajstić information content (AvgIpc) is 2.67. The van der Waals surface area contributed by atoms with Crippen molar-refractivity contribution >= 4 is 23.2 Å². The van der Waals surface area contributed by atoms with Crippen molar-refractivity contribution in [2.75, 3.05) is 6.54 Å². The van der Waals surface area contributed by atoms with Crippen LogP contribution in [-0.2, 0) is 19.6 Å². The molecule has 3 aromatic carbocycles. The Labute approximate surface area is 168 Å². The van der Waals surface area contributed by atoms with Gasteiger partial charge in [0.15, 0.2) is 0 Å². The lowest BCUT2D eigenvalue weighted by molar-refractivity contribution is 0.300. The highest BCUT2D eigenvalue weighted by atomic mass is 35.5. The molecule has 3 aromatic rings. The van der Waals surface area contributed by atoms with Crippen molar-refractivity contribution in [3.05, 3.63) is 99.3 Å². The first kappa shape index (κ1) is 19.7. The number of halogens is 3. The largest absolute Gasteiger partial charge is 0.489 e. The van der Waals surface area contributed by atoms with Gasteiger partial charge in [-0.2, -0.15) is 0 Å². The predicted molar refractivity (Wildman–Crippen MR) is 109 cm³/mol. The van der Waals surface area contributed by atoms with Gasteiger partial charge in [-0.15, -0.1) is 0 Å². The van der Waals surface area contributed by atoms with Crippen LogP contribution in [0.2, 0.25) is 10.0 Å². The third kappa shape index (κ3) is 5.96. The van der Waals surface area contributed by atoms with Crippen LogP contribution in [-0.4, -0.2) is 6.54 Å². The molecule has 0 fully saturated rings. The molecule has 0 saturated carbocycles. The zero-order chi connectivity index (χ0) is 19.1. The minimum absolute atomic E-state index is 0.101. The van der Waals surface area contributed by atoms with Crippen molar-refractivity contribution in [2.45, 2.75) is 19.6 Å². The van der Waals surface area contributed by atoms with Gasteiger partial charge in [-0.3, -0.25) is 0 Å². The third-order valence-electron chi connectivity index (χ3n) is 4.20. The summed E-state index contributed by atoms with van der Waals surface area (Å²) in [4.78, 5) is 0. The highest BCUT2D eigenvalue weighted by Gasteiger charge is 2.07. The van der Waals surface area contributed by atoms with E-state index in [1.165, 1.54) is 11.6 Å². The van der Waals surface area contributed by atoms with E-state index in [0.29, 0.717) is 16.3 Å². The fourth-order valence-electron chi connectivity index (χ4n) is 2.65. The van der Waals surface area contributed by atoms with Crippen molar-refractivity contribution in [2.24, 2.45) is 0 Å². The quantitative estimate of drug-likeness (QED) is 0.462. The second kappa shape index (κ2) is 9.75. The highest BCUT2D eigenvalue weighted by Crippen LogP contribution is 2.21. The molecule has 0 radical (unpaired) electrons. The zero-order valence-electron chi connectivity index (χ0n) is 14.7. The smallest absolute Gasteiger partial charge is 0.131 e. The lowest BCUT2D eigenvalue weighted by Crippen LogP contribution is -2.16. The van der Waals surface area contributed by atoms with Crippen LogP contribution in [0.5, 0.6) is 5.75 Å². The van der Waals surface area contributed by atoms with Crippen molar-refractivity contribution in [1.29, 1.82) is 0 Å². The summed E-state index contributed by atoms with van der Waals surface area (Å²) in [6, 6.07) is 20.3. The molecule has 2 nitrogen and oxygen atoms in total. The molecule has 0 aliphatic rings. The lowest BCUT2D eigenvalue weighted by Gasteiger charge is -2.10. The highest BCUT2D eigenvalue weighted by molar-refractivity contribution is 6.31. The minimum atomic E-state index is -0.357. The zero-order valence-corrected chi connectivity index (χ0v) is 16.2. The first-order chi connectivity index (χ1) is 13.1. The van der Waals surface area contributed by atoms with E-state index in [1.807, 2.05) is 48.5 Å². The normalized spacial score (nSPS) is 10.8. The molecule has 5 heteroatoms. The van der Waals surface area contributed by atoms with Crippen LogP contribution in [0.1, 0.15) is 16.7 Å². The van der Waals surface area contributed by atoms with Crippen LogP contribution in [0.4, 0.5) is 4.39 Å². The van der Waals surface area contributed by atoms with Gasteiger partial charge in [0, 0.05) is 17.1 Å². The summed E-state index contributed by atoms with van der Waals surface area (Å²) >= 11 is 11.9. The SMILES string of the molecule is Fc1cccc(Cl)c1COc1ccc(CNCCc2ccc(Cl)cc2)cc1. The van der Waals surface area contributed by atoms with E-state index >= 15 is 0 Å². The molecular weight excluding hydrogens is 384 g/mol. The van der Waals surface area contributed by atoms with Crippen LogP contribution in [0.3, 0.4) is 0 Å². The van der Waals surface area contributed by atoms with Gasteiger partial charge in [-0.1, -0.05) is 53.5 Å². The van der Waals surface area contributed by atoms with Crippen LogP contribution < -0.4 is 10.1 Å². The molecule has 3 rings (SSSR count). The van der Waals surface area contributed by atoms with Gasteiger partial charge in [0.25, 0.3) is 0 Å². The Morgan fingerprint density at radius 2 is 1.56 bits per heavy atom. The summed E-state index contributed by atoms with van der Waals surface area (Å²) in [6.07, 6.45) is 0.946. The fourth-order valence-corrected chi connectivity index (χ4v) is 2.99. The maximum absolute atomic E-state index is 13.8. The second-order valence-corrected chi connectivity index (χ2v) is 7.03. The number of benzene rings is 3. The molecular formula is C22H20Cl2FNO. The van der Waals surface area contributed by atoms with E-state index < -0.39 is 0 Å². The van der Waals surface area contributed by atoms with Gasteiger partial charge in [-0.25, -0.2) is 4.39 Å². The van der Waals surface area contributed by atoms with Gasteiger partial charge >= 0.3 is 0 Å². The maximum Gasteiger partial charge on any atom is 0.131 e. The summed E-state index contributed by atoms with van der Waals surface area (Å²) in [5.41, 5.74) is 2.77. The molecule has 0 spiro atoms. The Bertz CT molecular complexity index is 846. The molecule has 0 unspecified atom stereocenters. The van der Waals surface area contributed by atoms with Crippen molar-refractivity contribution in [1.82, 2.24) is 5.32 Å². The van der Waals surface area contributed by atoms with Crippen molar-refractivity contribution < 1.29 is 9.13 Å². The summed E-state index contributed by atoms with van der Waals surface area (Å²) in [5, 5.41) is 4.54. The van der Waals surface area contributed by atoms with E-state index in [0.717, 1.165) is 30.1 Å². The molecule has 0 amide bonds. The number of rotatable bonds is 8. The van der Waals surface area contributed by atoms with Crippen LogP contribution in [0.15, 0.2) is 66.7 Å². The van der Waals surface area contributed by atoms with Gasteiger partial charge in [0.1, 0.15) is 18.2 Å². The molecule has 0 aliphatic carbocycles. The Balaban J connectivity index is 1.44.